The Morgan fingerprint density at radius 3 is 2.95 bits per heavy atom. The second kappa shape index (κ2) is 6.09. The number of hydrogen-bond donors (Lipinski definition) is 2. The molecule has 0 amide bonds. The summed E-state index contributed by atoms with van der Waals surface area (Å²) in [5.41, 5.74) is 2.60. The minimum Gasteiger partial charge on any atom is -0.508 e. The molecule has 1 aliphatic rings. The van der Waals surface area contributed by atoms with E-state index in [0.29, 0.717) is 6.42 Å². The summed E-state index contributed by atoms with van der Waals surface area (Å²) in [4.78, 5) is 0. The maximum absolute atomic E-state index is 10.1. The van der Waals surface area contributed by atoms with Crippen LogP contribution in [0.1, 0.15) is 37.9 Å². The number of hydrogen-bond acceptors (Lipinski definition) is 3. The summed E-state index contributed by atoms with van der Waals surface area (Å²) in [5.74, 6) is 0.209. The zero-order chi connectivity index (χ0) is 13.8. The van der Waals surface area contributed by atoms with Crippen LogP contribution in [0.2, 0.25) is 0 Å². The van der Waals surface area contributed by atoms with Crippen LogP contribution >= 0.6 is 0 Å². The molecule has 0 bridgehead atoms. The quantitative estimate of drug-likeness (QED) is 0.815. The van der Waals surface area contributed by atoms with Crippen LogP contribution in [0.15, 0.2) is 48.0 Å². The molecule has 19 heavy (non-hydrogen) atoms. The fourth-order valence-electron chi connectivity index (χ4n) is 2.32. The highest BCUT2D eigenvalue weighted by Crippen LogP contribution is 2.32. The Balaban J connectivity index is 2.12. The van der Waals surface area contributed by atoms with E-state index < -0.39 is 7.12 Å². The maximum atomic E-state index is 10.1. The molecule has 1 unspecified atom stereocenters. The summed E-state index contributed by atoms with van der Waals surface area (Å²) in [6, 6.07) is 6.94. The average molecular weight is 258 g/mol. The first-order chi connectivity index (χ1) is 9.11. The van der Waals surface area contributed by atoms with Gasteiger partial charge in [-0.1, -0.05) is 43.7 Å². The molecule has 1 aromatic rings. The Morgan fingerprint density at radius 2 is 2.32 bits per heavy atom. The summed E-state index contributed by atoms with van der Waals surface area (Å²) in [6.45, 7) is 6.06. The van der Waals surface area contributed by atoms with Gasteiger partial charge < -0.3 is 14.8 Å². The minimum absolute atomic E-state index is 0.209. The lowest BCUT2D eigenvalue weighted by atomic mass is 9.70. The summed E-state index contributed by atoms with van der Waals surface area (Å²) < 4.78 is 5.62. The highest BCUT2D eigenvalue weighted by molar-refractivity contribution is 6.54. The van der Waals surface area contributed by atoms with Crippen molar-refractivity contribution in [1.82, 2.24) is 0 Å². The number of allylic oxidation sites excluding steroid dienone is 2. The van der Waals surface area contributed by atoms with Crippen molar-refractivity contribution in [3.63, 3.8) is 0 Å². The number of benzene rings is 1. The van der Waals surface area contributed by atoms with E-state index in [1.54, 1.807) is 18.2 Å². The molecule has 1 aromatic carbocycles. The first-order valence-corrected chi connectivity index (χ1v) is 6.62. The lowest BCUT2D eigenvalue weighted by Crippen LogP contribution is -2.28. The summed E-state index contributed by atoms with van der Waals surface area (Å²) in [5, 5.41) is 19.5. The third-order valence-corrected chi connectivity index (χ3v) is 3.31. The average Bonchev–Trinajstić information content (AvgIpc) is 2.38. The molecule has 100 valence electrons. The second-order valence-electron chi connectivity index (χ2n) is 4.82. The minimum atomic E-state index is -0.930. The van der Waals surface area contributed by atoms with E-state index in [1.807, 2.05) is 12.1 Å². The van der Waals surface area contributed by atoms with Crippen LogP contribution in [-0.4, -0.2) is 17.2 Å². The van der Waals surface area contributed by atoms with E-state index in [1.165, 1.54) is 0 Å². The molecule has 0 aromatic heterocycles. The van der Waals surface area contributed by atoms with Crippen molar-refractivity contribution in [3.05, 3.63) is 53.5 Å². The third kappa shape index (κ3) is 3.28. The van der Waals surface area contributed by atoms with Gasteiger partial charge in [-0.2, -0.15) is 0 Å². The van der Waals surface area contributed by atoms with Gasteiger partial charge in [0.25, 0.3) is 0 Å². The van der Waals surface area contributed by atoms with E-state index >= 15 is 0 Å². The smallest absolute Gasteiger partial charge is 0.491 e. The van der Waals surface area contributed by atoms with Gasteiger partial charge in [0.2, 0.25) is 0 Å². The van der Waals surface area contributed by atoms with Gasteiger partial charge in [0, 0.05) is 0 Å². The summed E-state index contributed by atoms with van der Waals surface area (Å²) in [6.07, 6.45) is 4.31. The summed E-state index contributed by atoms with van der Waals surface area (Å²) in [7, 11) is -0.930. The van der Waals surface area contributed by atoms with Crippen LogP contribution in [0.5, 0.6) is 5.75 Å². The van der Waals surface area contributed by atoms with E-state index in [2.05, 4.69) is 13.5 Å². The van der Waals surface area contributed by atoms with Gasteiger partial charge in [-0.05, 0) is 36.0 Å². The highest BCUT2D eigenvalue weighted by atomic mass is 16.5. The fourth-order valence-corrected chi connectivity index (χ4v) is 2.32. The third-order valence-electron chi connectivity index (χ3n) is 3.31. The molecule has 0 fully saturated rings. The van der Waals surface area contributed by atoms with Gasteiger partial charge in [0.15, 0.2) is 0 Å². The van der Waals surface area contributed by atoms with Gasteiger partial charge in [-0.25, -0.2) is 0 Å². The van der Waals surface area contributed by atoms with Crippen LogP contribution in [-0.2, 0) is 4.65 Å². The molecule has 1 heterocycles. The van der Waals surface area contributed by atoms with Crippen LogP contribution in [0.25, 0.3) is 0 Å². The fraction of sp³-hybridized carbons (Fsp3) is 0.333. The van der Waals surface area contributed by atoms with Crippen molar-refractivity contribution < 1.29 is 14.8 Å². The van der Waals surface area contributed by atoms with E-state index in [9.17, 15) is 10.1 Å². The molecular formula is C15H19BO3. The highest BCUT2D eigenvalue weighted by Gasteiger charge is 2.30. The molecule has 0 saturated carbocycles. The Hall–Kier alpha value is -1.52. The molecular weight excluding hydrogens is 239 g/mol. The molecule has 0 saturated heterocycles. The first-order valence-electron chi connectivity index (χ1n) is 6.62. The van der Waals surface area contributed by atoms with Crippen molar-refractivity contribution in [2.24, 2.45) is 0 Å². The maximum Gasteiger partial charge on any atom is 0.491 e. The number of aromatic hydroxyl groups is 1. The van der Waals surface area contributed by atoms with Gasteiger partial charge in [-0.3, -0.25) is 0 Å². The van der Waals surface area contributed by atoms with E-state index in [-0.39, 0.29) is 11.9 Å². The van der Waals surface area contributed by atoms with Crippen molar-refractivity contribution in [2.45, 2.75) is 32.3 Å². The molecule has 0 spiro atoms. The summed E-state index contributed by atoms with van der Waals surface area (Å²) >= 11 is 0. The van der Waals surface area contributed by atoms with E-state index in [4.69, 9.17) is 4.65 Å². The van der Waals surface area contributed by atoms with Crippen LogP contribution < -0.4 is 0 Å². The number of phenols is 1. The van der Waals surface area contributed by atoms with Gasteiger partial charge in [-0.15, -0.1) is 0 Å². The van der Waals surface area contributed by atoms with Gasteiger partial charge in [0.1, 0.15) is 5.75 Å². The largest absolute Gasteiger partial charge is 0.508 e. The van der Waals surface area contributed by atoms with Crippen LogP contribution in [0.3, 0.4) is 0 Å². The van der Waals surface area contributed by atoms with Crippen LogP contribution in [0.4, 0.5) is 0 Å². The Kier molecular flexibility index (Phi) is 4.45. The predicted octanol–water partition coefficient (Wildman–Crippen LogP) is 3.16. The molecule has 0 aliphatic carbocycles. The first kappa shape index (κ1) is 13.9. The topological polar surface area (TPSA) is 49.7 Å². The number of phenolic OH excluding ortho intramolecular Hbond substituents is 1. The molecule has 2 N–H and O–H groups in total. The Bertz CT molecular complexity index is 496. The van der Waals surface area contributed by atoms with Gasteiger partial charge >= 0.3 is 7.12 Å². The molecule has 4 heteroatoms. The van der Waals surface area contributed by atoms with Crippen molar-refractivity contribution in [3.8, 4) is 5.75 Å². The standard InChI is InChI=1S/C15H19BO3/c1-3-5-11(2)14-8-9-15(19-16(14)18)12-6-4-7-13(17)10-12/h4,6-8,10,15,17-18H,2-3,5,9H2,1H3. The normalized spacial score (nSPS) is 19.2. The zero-order valence-electron chi connectivity index (χ0n) is 11.2. The zero-order valence-corrected chi connectivity index (χ0v) is 11.2. The molecule has 2 rings (SSSR count). The lowest BCUT2D eigenvalue weighted by molar-refractivity contribution is 0.168. The molecule has 3 nitrogen and oxygen atoms in total. The van der Waals surface area contributed by atoms with Crippen molar-refractivity contribution in [1.29, 1.82) is 0 Å². The lowest BCUT2D eigenvalue weighted by Gasteiger charge is -2.26. The second-order valence-corrected chi connectivity index (χ2v) is 4.82. The predicted molar refractivity (Wildman–Crippen MR) is 76.7 cm³/mol. The van der Waals surface area contributed by atoms with Crippen molar-refractivity contribution >= 4 is 7.12 Å². The molecule has 1 aliphatic heterocycles. The Labute approximate surface area is 114 Å². The SMILES string of the molecule is C=C(CCC)C1=CCC(c2cccc(O)c2)OB1O. The van der Waals surface area contributed by atoms with Crippen LogP contribution in [0, 0.1) is 0 Å². The van der Waals surface area contributed by atoms with E-state index in [0.717, 1.165) is 29.5 Å². The molecule has 1 atom stereocenters. The number of rotatable bonds is 4. The van der Waals surface area contributed by atoms with Crippen molar-refractivity contribution in [2.75, 3.05) is 0 Å². The Morgan fingerprint density at radius 1 is 1.53 bits per heavy atom. The van der Waals surface area contributed by atoms with Gasteiger partial charge in [0.05, 0.1) is 6.10 Å². The monoisotopic (exact) mass is 258 g/mol. The molecule has 0 radical (unpaired) electrons.